The maximum absolute atomic E-state index is 12.4. The predicted octanol–water partition coefficient (Wildman–Crippen LogP) is 5.45. The van der Waals surface area contributed by atoms with Gasteiger partial charge in [-0.3, -0.25) is 0 Å². The molecule has 1 aromatic heterocycles. The van der Waals surface area contributed by atoms with Gasteiger partial charge in [-0.05, 0) is 49.2 Å². The second kappa shape index (κ2) is 8.20. The standard InChI is InChI=1S/C20H18Cl2N4O2/c21-15-4-6-17(7-5-15)23-20(27)26-10-8-13(9-11-26)19-24-18(25-28-19)14-2-1-3-16(22)12-14/h1-7,12-13H,8-11H2,(H,23,27). The zero-order valence-corrected chi connectivity index (χ0v) is 16.5. The minimum atomic E-state index is -0.120. The summed E-state index contributed by atoms with van der Waals surface area (Å²) >= 11 is 11.9. The van der Waals surface area contributed by atoms with E-state index in [0.29, 0.717) is 34.8 Å². The number of aromatic nitrogens is 2. The van der Waals surface area contributed by atoms with E-state index in [-0.39, 0.29) is 11.9 Å². The second-order valence-electron chi connectivity index (χ2n) is 6.66. The van der Waals surface area contributed by atoms with Crippen molar-refractivity contribution < 1.29 is 9.32 Å². The minimum Gasteiger partial charge on any atom is -0.339 e. The van der Waals surface area contributed by atoms with E-state index in [1.807, 2.05) is 12.1 Å². The first-order valence-electron chi connectivity index (χ1n) is 8.99. The summed E-state index contributed by atoms with van der Waals surface area (Å²) in [4.78, 5) is 18.7. The Bertz CT molecular complexity index is 966. The van der Waals surface area contributed by atoms with Gasteiger partial charge in [0.2, 0.25) is 11.7 Å². The molecule has 2 aromatic carbocycles. The lowest BCUT2D eigenvalue weighted by Gasteiger charge is -2.30. The average molecular weight is 417 g/mol. The number of hydrogen-bond acceptors (Lipinski definition) is 4. The molecule has 0 radical (unpaired) electrons. The molecule has 1 saturated heterocycles. The molecule has 2 amide bonds. The molecule has 4 rings (SSSR count). The third-order valence-corrected chi connectivity index (χ3v) is 5.24. The molecular formula is C20H18Cl2N4O2. The number of amides is 2. The third-order valence-electron chi connectivity index (χ3n) is 4.75. The summed E-state index contributed by atoms with van der Waals surface area (Å²) in [5, 5.41) is 8.22. The van der Waals surface area contributed by atoms with Crippen molar-refractivity contribution in [2.45, 2.75) is 18.8 Å². The van der Waals surface area contributed by atoms with E-state index in [2.05, 4.69) is 15.5 Å². The Hall–Kier alpha value is -2.57. The van der Waals surface area contributed by atoms with E-state index in [0.717, 1.165) is 24.1 Å². The first kappa shape index (κ1) is 18.8. The van der Waals surface area contributed by atoms with Crippen molar-refractivity contribution in [1.29, 1.82) is 0 Å². The van der Waals surface area contributed by atoms with E-state index in [1.165, 1.54) is 0 Å². The summed E-state index contributed by atoms with van der Waals surface area (Å²) in [5.41, 5.74) is 1.54. The minimum absolute atomic E-state index is 0.120. The Morgan fingerprint density at radius 1 is 1.07 bits per heavy atom. The molecule has 8 heteroatoms. The molecule has 0 bridgehead atoms. The van der Waals surface area contributed by atoms with Gasteiger partial charge < -0.3 is 14.7 Å². The van der Waals surface area contributed by atoms with Crippen LogP contribution < -0.4 is 5.32 Å². The van der Waals surface area contributed by atoms with Crippen LogP contribution in [0.1, 0.15) is 24.7 Å². The Labute approximate surface area is 172 Å². The number of likely N-dealkylation sites (tertiary alicyclic amines) is 1. The van der Waals surface area contributed by atoms with E-state index in [4.69, 9.17) is 27.7 Å². The number of nitrogens with one attached hydrogen (secondary N) is 1. The summed E-state index contributed by atoms with van der Waals surface area (Å²) in [6.45, 7) is 1.25. The summed E-state index contributed by atoms with van der Waals surface area (Å²) < 4.78 is 5.47. The fraction of sp³-hybridized carbons (Fsp3) is 0.250. The van der Waals surface area contributed by atoms with Gasteiger partial charge in [-0.25, -0.2) is 4.79 Å². The molecule has 0 atom stereocenters. The molecule has 1 aliphatic heterocycles. The molecule has 0 unspecified atom stereocenters. The smallest absolute Gasteiger partial charge is 0.321 e. The van der Waals surface area contributed by atoms with Gasteiger partial charge in [-0.2, -0.15) is 4.98 Å². The van der Waals surface area contributed by atoms with Gasteiger partial charge >= 0.3 is 6.03 Å². The SMILES string of the molecule is O=C(Nc1ccc(Cl)cc1)N1CCC(c2nc(-c3cccc(Cl)c3)no2)CC1. The molecule has 0 aliphatic carbocycles. The van der Waals surface area contributed by atoms with Gasteiger partial charge in [0.05, 0.1) is 0 Å². The summed E-state index contributed by atoms with van der Waals surface area (Å²) in [5.74, 6) is 1.27. The number of halogens is 2. The van der Waals surface area contributed by atoms with Gasteiger partial charge in [0.15, 0.2) is 0 Å². The highest BCUT2D eigenvalue weighted by Crippen LogP contribution is 2.29. The first-order valence-corrected chi connectivity index (χ1v) is 9.75. The van der Waals surface area contributed by atoms with Crippen molar-refractivity contribution in [3.05, 3.63) is 64.5 Å². The number of carbonyl (C=O) groups is 1. The van der Waals surface area contributed by atoms with Gasteiger partial charge in [0.25, 0.3) is 0 Å². The van der Waals surface area contributed by atoms with Crippen LogP contribution in [0.15, 0.2) is 53.1 Å². The number of carbonyl (C=O) groups excluding carboxylic acids is 1. The highest BCUT2D eigenvalue weighted by molar-refractivity contribution is 6.31. The van der Waals surface area contributed by atoms with Crippen LogP contribution in [0.3, 0.4) is 0 Å². The van der Waals surface area contributed by atoms with Gasteiger partial charge in [-0.1, -0.05) is 40.5 Å². The predicted molar refractivity (Wildman–Crippen MR) is 109 cm³/mol. The van der Waals surface area contributed by atoms with Gasteiger partial charge in [-0.15, -0.1) is 0 Å². The maximum atomic E-state index is 12.4. The molecule has 1 N–H and O–H groups in total. The number of anilines is 1. The van der Waals surface area contributed by atoms with Crippen LogP contribution in [-0.2, 0) is 0 Å². The maximum Gasteiger partial charge on any atom is 0.321 e. The number of rotatable bonds is 3. The van der Waals surface area contributed by atoms with Crippen LogP contribution in [0.4, 0.5) is 10.5 Å². The fourth-order valence-corrected chi connectivity index (χ4v) is 3.53. The average Bonchev–Trinajstić information content (AvgIpc) is 3.20. The van der Waals surface area contributed by atoms with E-state index >= 15 is 0 Å². The lowest BCUT2D eigenvalue weighted by Crippen LogP contribution is -2.40. The van der Waals surface area contributed by atoms with E-state index in [9.17, 15) is 4.79 Å². The van der Waals surface area contributed by atoms with Crippen LogP contribution >= 0.6 is 23.2 Å². The van der Waals surface area contributed by atoms with Crippen molar-refractivity contribution in [1.82, 2.24) is 15.0 Å². The Morgan fingerprint density at radius 2 is 1.82 bits per heavy atom. The van der Waals surface area contributed by atoms with Crippen molar-refractivity contribution >= 4 is 34.9 Å². The van der Waals surface area contributed by atoms with E-state index < -0.39 is 0 Å². The van der Waals surface area contributed by atoms with Crippen molar-refractivity contribution in [3.63, 3.8) is 0 Å². The number of hydrogen-bond donors (Lipinski definition) is 1. The van der Waals surface area contributed by atoms with Crippen LogP contribution in [0.5, 0.6) is 0 Å². The lowest BCUT2D eigenvalue weighted by atomic mass is 9.97. The molecule has 144 valence electrons. The van der Waals surface area contributed by atoms with Gasteiger partial charge in [0, 0.05) is 40.3 Å². The number of urea groups is 1. The van der Waals surface area contributed by atoms with Crippen LogP contribution in [0, 0.1) is 0 Å². The quantitative estimate of drug-likeness (QED) is 0.615. The zero-order chi connectivity index (χ0) is 19.5. The lowest BCUT2D eigenvalue weighted by molar-refractivity contribution is 0.187. The second-order valence-corrected chi connectivity index (χ2v) is 7.54. The van der Waals surface area contributed by atoms with Crippen LogP contribution in [0.2, 0.25) is 10.0 Å². The summed E-state index contributed by atoms with van der Waals surface area (Å²) in [6.07, 6.45) is 1.54. The molecular weight excluding hydrogens is 399 g/mol. The number of piperidine rings is 1. The van der Waals surface area contributed by atoms with E-state index in [1.54, 1.807) is 41.3 Å². The Morgan fingerprint density at radius 3 is 2.54 bits per heavy atom. The molecule has 1 aliphatic rings. The molecule has 3 aromatic rings. The van der Waals surface area contributed by atoms with Crippen LogP contribution in [-0.4, -0.2) is 34.2 Å². The monoisotopic (exact) mass is 416 g/mol. The zero-order valence-electron chi connectivity index (χ0n) is 14.9. The Balaban J connectivity index is 1.35. The molecule has 1 fully saturated rings. The molecule has 28 heavy (non-hydrogen) atoms. The molecule has 2 heterocycles. The number of benzene rings is 2. The molecule has 0 spiro atoms. The topological polar surface area (TPSA) is 71.3 Å². The Kier molecular flexibility index (Phi) is 5.50. The van der Waals surface area contributed by atoms with Crippen molar-refractivity contribution in [3.8, 4) is 11.4 Å². The van der Waals surface area contributed by atoms with Gasteiger partial charge in [0.1, 0.15) is 0 Å². The highest BCUT2D eigenvalue weighted by Gasteiger charge is 2.27. The first-order chi connectivity index (χ1) is 13.6. The summed E-state index contributed by atoms with van der Waals surface area (Å²) in [7, 11) is 0. The van der Waals surface area contributed by atoms with Crippen molar-refractivity contribution in [2.24, 2.45) is 0 Å². The van der Waals surface area contributed by atoms with Crippen LogP contribution in [0.25, 0.3) is 11.4 Å². The number of nitrogens with zero attached hydrogens (tertiary/aromatic N) is 3. The normalized spacial score (nSPS) is 14.9. The molecule has 6 nitrogen and oxygen atoms in total. The largest absolute Gasteiger partial charge is 0.339 e. The highest BCUT2D eigenvalue weighted by atomic mass is 35.5. The third kappa shape index (κ3) is 4.29. The summed E-state index contributed by atoms with van der Waals surface area (Å²) in [6, 6.07) is 14.3. The van der Waals surface area contributed by atoms with Crippen molar-refractivity contribution in [2.75, 3.05) is 18.4 Å². The fourth-order valence-electron chi connectivity index (χ4n) is 3.21. The molecule has 0 saturated carbocycles.